The monoisotopic (exact) mass is 297 g/mol. The van der Waals surface area contributed by atoms with E-state index in [4.69, 9.17) is 4.74 Å². The van der Waals surface area contributed by atoms with Gasteiger partial charge in [0.2, 0.25) is 5.91 Å². The maximum Gasteiger partial charge on any atom is 0.239 e. The first kappa shape index (κ1) is 14.8. The Bertz CT molecular complexity index is 580. The van der Waals surface area contributed by atoms with Crippen LogP contribution in [-0.4, -0.2) is 33.2 Å². The summed E-state index contributed by atoms with van der Waals surface area (Å²) in [7, 11) is -2.13. The molecule has 1 amide bonds. The number of carbonyl (C=O) groups is 1. The molecule has 1 aromatic carbocycles. The molecule has 0 aromatic heterocycles. The minimum Gasteiger partial charge on any atom is -0.497 e. The fourth-order valence-corrected chi connectivity index (χ4v) is 4.50. The van der Waals surface area contributed by atoms with Crippen molar-refractivity contribution >= 4 is 15.7 Å². The first-order valence-corrected chi connectivity index (χ1v) is 8.21. The lowest BCUT2D eigenvalue weighted by atomic mass is 10.0. The van der Waals surface area contributed by atoms with E-state index >= 15 is 0 Å². The van der Waals surface area contributed by atoms with Gasteiger partial charge in [-0.2, -0.15) is 0 Å². The Morgan fingerprint density at radius 1 is 1.30 bits per heavy atom. The molecule has 20 heavy (non-hydrogen) atoms. The molecule has 1 fully saturated rings. The zero-order chi connectivity index (χ0) is 14.8. The summed E-state index contributed by atoms with van der Waals surface area (Å²) in [6, 6.07) is 6.16. The van der Waals surface area contributed by atoms with Gasteiger partial charge in [-0.15, -0.1) is 0 Å². The van der Waals surface area contributed by atoms with Gasteiger partial charge in [0.1, 0.15) is 11.0 Å². The molecule has 1 saturated heterocycles. The van der Waals surface area contributed by atoms with Crippen LogP contribution in [0, 0.1) is 5.92 Å². The Morgan fingerprint density at radius 2 is 1.95 bits per heavy atom. The second kappa shape index (κ2) is 5.83. The number of ether oxygens (including phenoxy) is 1. The topological polar surface area (TPSA) is 72.5 Å². The van der Waals surface area contributed by atoms with Gasteiger partial charge in [0.05, 0.1) is 12.0 Å². The molecule has 0 saturated carbocycles. The molecule has 5 nitrogen and oxygen atoms in total. The SMILES string of the molecule is CCCC1CNC(=O)C1S(=O)(=O)c1ccc(OC)cc1. The lowest BCUT2D eigenvalue weighted by molar-refractivity contribution is -0.119. The minimum absolute atomic E-state index is 0.153. The maximum absolute atomic E-state index is 12.6. The fourth-order valence-electron chi connectivity index (χ4n) is 2.58. The highest BCUT2D eigenvalue weighted by Gasteiger charge is 2.44. The van der Waals surface area contributed by atoms with E-state index < -0.39 is 15.1 Å². The number of hydrogen-bond acceptors (Lipinski definition) is 4. The van der Waals surface area contributed by atoms with Gasteiger partial charge in [0.15, 0.2) is 9.84 Å². The van der Waals surface area contributed by atoms with Crippen LogP contribution in [0.15, 0.2) is 29.2 Å². The molecule has 1 aromatic rings. The number of nitrogens with one attached hydrogen (secondary N) is 1. The van der Waals surface area contributed by atoms with Crippen molar-refractivity contribution in [1.82, 2.24) is 5.32 Å². The highest BCUT2D eigenvalue weighted by Crippen LogP contribution is 2.29. The average molecular weight is 297 g/mol. The van der Waals surface area contributed by atoms with Gasteiger partial charge in [-0.25, -0.2) is 8.42 Å². The number of amides is 1. The van der Waals surface area contributed by atoms with E-state index in [1.165, 1.54) is 19.2 Å². The maximum atomic E-state index is 12.6. The first-order valence-electron chi connectivity index (χ1n) is 6.66. The normalized spacial score (nSPS) is 22.6. The predicted octanol–water partition coefficient (Wildman–Crippen LogP) is 1.38. The van der Waals surface area contributed by atoms with Crippen molar-refractivity contribution < 1.29 is 17.9 Å². The molecular weight excluding hydrogens is 278 g/mol. The largest absolute Gasteiger partial charge is 0.497 e. The van der Waals surface area contributed by atoms with E-state index in [0.717, 1.165) is 12.8 Å². The van der Waals surface area contributed by atoms with Gasteiger partial charge >= 0.3 is 0 Å². The van der Waals surface area contributed by atoms with E-state index in [1.54, 1.807) is 12.1 Å². The second-order valence-corrected chi connectivity index (χ2v) is 7.00. The molecule has 0 bridgehead atoms. The van der Waals surface area contributed by atoms with Crippen LogP contribution in [0.1, 0.15) is 19.8 Å². The minimum atomic E-state index is -3.65. The van der Waals surface area contributed by atoms with E-state index in [9.17, 15) is 13.2 Å². The lowest BCUT2D eigenvalue weighted by Crippen LogP contribution is -2.34. The molecular formula is C14H19NO4S. The highest BCUT2D eigenvalue weighted by molar-refractivity contribution is 7.92. The number of sulfone groups is 1. The molecule has 2 atom stereocenters. The molecule has 0 aliphatic carbocycles. The van der Waals surface area contributed by atoms with Crippen molar-refractivity contribution in [2.24, 2.45) is 5.92 Å². The van der Waals surface area contributed by atoms with Gasteiger partial charge in [-0.1, -0.05) is 13.3 Å². The molecule has 2 unspecified atom stereocenters. The van der Waals surface area contributed by atoms with Crippen molar-refractivity contribution in [3.05, 3.63) is 24.3 Å². The third-order valence-electron chi connectivity index (χ3n) is 3.61. The van der Waals surface area contributed by atoms with Crippen LogP contribution in [0.4, 0.5) is 0 Å². The van der Waals surface area contributed by atoms with E-state index in [-0.39, 0.29) is 16.7 Å². The number of hydrogen-bond donors (Lipinski definition) is 1. The van der Waals surface area contributed by atoms with Crippen LogP contribution in [0.2, 0.25) is 0 Å². The molecule has 0 radical (unpaired) electrons. The quantitative estimate of drug-likeness (QED) is 0.891. The molecule has 2 rings (SSSR count). The summed E-state index contributed by atoms with van der Waals surface area (Å²) in [5.74, 6) is 0.0452. The summed E-state index contributed by atoms with van der Waals surface area (Å²) < 4.78 is 30.3. The third kappa shape index (κ3) is 2.65. The zero-order valence-corrected chi connectivity index (χ0v) is 12.4. The Balaban J connectivity index is 2.34. The molecule has 1 heterocycles. The molecule has 1 aliphatic heterocycles. The van der Waals surface area contributed by atoms with Crippen molar-refractivity contribution in [3.8, 4) is 5.75 Å². The van der Waals surface area contributed by atoms with Crippen molar-refractivity contribution in [1.29, 1.82) is 0 Å². The van der Waals surface area contributed by atoms with Crippen molar-refractivity contribution in [2.45, 2.75) is 29.9 Å². The fraction of sp³-hybridized carbons (Fsp3) is 0.500. The first-order chi connectivity index (χ1) is 9.50. The van der Waals surface area contributed by atoms with Crippen LogP contribution in [0.3, 0.4) is 0 Å². The molecule has 6 heteroatoms. The van der Waals surface area contributed by atoms with E-state index in [1.807, 2.05) is 6.92 Å². The van der Waals surface area contributed by atoms with Crippen LogP contribution >= 0.6 is 0 Å². The van der Waals surface area contributed by atoms with Crippen LogP contribution in [-0.2, 0) is 14.6 Å². The molecule has 1 N–H and O–H groups in total. The van der Waals surface area contributed by atoms with Gasteiger partial charge in [0.25, 0.3) is 0 Å². The van der Waals surface area contributed by atoms with E-state index in [2.05, 4.69) is 5.32 Å². The Hall–Kier alpha value is -1.56. The van der Waals surface area contributed by atoms with Gasteiger partial charge in [-0.05, 0) is 30.7 Å². The van der Waals surface area contributed by atoms with Gasteiger partial charge in [0, 0.05) is 12.5 Å². The van der Waals surface area contributed by atoms with Crippen LogP contribution in [0.25, 0.3) is 0 Å². The Morgan fingerprint density at radius 3 is 2.50 bits per heavy atom. The molecule has 110 valence electrons. The second-order valence-electron chi connectivity index (χ2n) is 4.94. The smallest absolute Gasteiger partial charge is 0.239 e. The van der Waals surface area contributed by atoms with E-state index in [0.29, 0.717) is 12.3 Å². The third-order valence-corrected chi connectivity index (χ3v) is 5.80. The average Bonchev–Trinajstić information content (AvgIpc) is 2.81. The van der Waals surface area contributed by atoms with Crippen LogP contribution in [0.5, 0.6) is 5.75 Å². The van der Waals surface area contributed by atoms with Crippen LogP contribution < -0.4 is 10.1 Å². The molecule has 0 spiro atoms. The summed E-state index contributed by atoms with van der Waals surface area (Å²) in [4.78, 5) is 12.1. The van der Waals surface area contributed by atoms with Crippen molar-refractivity contribution in [2.75, 3.05) is 13.7 Å². The van der Waals surface area contributed by atoms with Gasteiger partial charge < -0.3 is 10.1 Å². The number of rotatable bonds is 5. The summed E-state index contributed by atoms with van der Waals surface area (Å²) in [6.45, 7) is 2.42. The number of carbonyl (C=O) groups excluding carboxylic acids is 1. The summed E-state index contributed by atoms with van der Waals surface area (Å²) in [5, 5.41) is 1.68. The van der Waals surface area contributed by atoms with Crippen molar-refractivity contribution in [3.63, 3.8) is 0 Å². The molecule has 1 aliphatic rings. The highest BCUT2D eigenvalue weighted by atomic mass is 32.2. The summed E-state index contributed by atoms with van der Waals surface area (Å²) in [6.07, 6.45) is 1.58. The number of methoxy groups -OCH3 is 1. The summed E-state index contributed by atoms with van der Waals surface area (Å²) >= 11 is 0. The Kier molecular flexibility index (Phi) is 4.32. The zero-order valence-electron chi connectivity index (χ0n) is 11.6. The summed E-state index contributed by atoms with van der Waals surface area (Å²) in [5.41, 5.74) is 0. The Labute approximate surface area is 119 Å². The van der Waals surface area contributed by atoms with Gasteiger partial charge in [-0.3, -0.25) is 4.79 Å². The number of benzene rings is 1. The standard InChI is InChI=1S/C14H19NO4S/c1-3-4-10-9-15-14(16)13(10)20(17,18)12-7-5-11(19-2)6-8-12/h5-8,10,13H,3-4,9H2,1-2H3,(H,15,16). The lowest BCUT2D eigenvalue weighted by Gasteiger charge is -2.16. The predicted molar refractivity (Wildman–Crippen MR) is 75.4 cm³/mol.